The van der Waals surface area contributed by atoms with E-state index in [9.17, 15) is 9.59 Å². The number of nitrogens with zero attached hydrogens (tertiary/aromatic N) is 4. The van der Waals surface area contributed by atoms with Gasteiger partial charge in [-0.05, 0) is 27.2 Å². The number of hydrogen-bond acceptors (Lipinski definition) is 5. The summed E-state index contributed by atoms with van der Waals surface area (Å²) in [5.74, 6) is 0.147. The average Bonchev–Trinajstić information content (AvgIpc) is 3.10. The Morgan fingerprint density at radius 2 is 1.79 bits per heavy atom. The summed E-state index contributed by atoms with van der Waals surface area (Å²) in [4.78, 5) is 35.8. The van der Waals surface area contributed by atoms with Gasteiger partial charge in [-0.25, -0.2) is 4.98 Å². The topological polar surface area (TPSA) is 56.8 Å². The maximum Gasteiger partial charge on any atom is 0.273 e. The summed E-state index contributed by atoms with van der Waals surface area (Å²) in [5, 5.41) is 2.72. The molecule has 1 aromatic carbocycles. The van der Waals surface area contributed by atoms with Crippen molar-refractivity contribution in [1.29, 1.82) is 0 Å². The Bertz CT molecular complexity index is 830. The predicted octanol–water partition coefficient (Wildman–Crippen LogP) is 3.13. The molecule has 3 rings (SSSR count). The van der Waals surface area contributed by atoms with Crippen LogP contribution in [0.25, 0.3) is 10.6 Å². The molecule has 2 heterocycles. The van der Waals surface area contributed by atoms with Gasteiger partial charge in [0, 0.05) is 50.2 Å². The van der Waals surface area contributed by atoms with Crippen molar-refractivity contribution in [3.63, 3.8) is 0 Å². The third-order valence-electron chi connectivity index (χ3n) is 5.37. The third kappa shape index (κ3) is 5.42. The van der Waals surface area contributed by atoms with Crippen LogP contribution in [0.1, 0.15) is 36.3 Å². The van der Waals surface area contributed by atoms with E-state index in [2.05, 4.69) is 28.9 Å². The lowest BCUT2D eigenvalue weighted by molar-refractivity contribution is -0.132. The molecule has 0 N–H and O–H groups in total. The molecule has 0 saturated carbocycles. The molecule has 1 aliphatic heterocycles. The lowest BCUT2D eigenvalue weighted by Crippen LogP contribution is -2.42. The van der Waals surface area contributed by atoms with Gasteiger partial charge in [-0.1, -0.05) is 29.8 Å². The van der Waals surface area contributed by atoms with Crippen molar-refractivity contribution >= 4 is 23.2 Å². The highest BCUT2D eigenvalue weighted by atomic mass is 32.1. The molecule has 0 atom stereocenters. The number of aryl methyl sites for hydroxylation is 1. The molecule has 0 radical (unpaired) electrons. The zero-order chi connectivity index (χ0) is 20.8. The second kappa shape index (κ2) is 9.98. The second-order valence-electron chi connectivity index (χ2n) is 7.39. The minimum atomic E-state index is -0.0171. The number of amides is 2. The Hall–Kier alpha value is -2.25. The zero-order valence-corrected chi connectivity index (χ0v) is 18.4. The summed E-state index contributed by atoms with van der Waals surface area (Å²) in [6.45, 7) is 10.8. The molecular formula is C22H30N4O2S. The van der Waals surface area contributed by atoms with E-state index in [4.69, 9.17) is 0 Å². The van der Waals surface area contributed by atoms with Crippen molar-refractivity contribution in [3.05, 3.63) is 40.9 Å². The number of benzene rings is 1. The van der Waals surface area contributed by atoms with Crippen molar-refractivity contribution in [3.8, 4) is 10.6 Å². The molecular weight excluding hydrogens is 384 g/mol. The molecule has 0 aliphatic carbocycles. The quantitative estimate of drug-likeness (QED) is 0.729. The molecule has 1 fully saturated rings. The van der Waals surface area contributed by atoms with Gasteiger partial charge in [0.05, 0.1) is 6.54 Å². The van der Waals surface area contributed by atoms with Crippen LogP contribution >= 0.6 is 11.3 Å². The first-order valence-corrected chi connectivity index (χ1v) is 11.2. The van der Waals surface area contributed by atoms with Gasteiger partial charge < -0.3 is 9.80 Å². The van der Waals surface area contributed by atoms with Gasteiger partial charge in [0.2, 0.25) is 5.91 Å². The van der Waals surface area contributed by atoms with Gasteiger partial charge in [-0.3, -0.25) is 14.5 Å². The maximum atomic E-state index is 13.0. The number of thiazole rings is 1. The molecule has 1 aromatic heterocycles. The van der Waals surface area contributed by atoms with E-state index in [1.165, 1.54) is 16.9 Å². The summed E-state index contributed by atoms with van der Waals surface area (Å²) >= 11 is 1.50. The van der Waals surface area contributed by atoms with Crippen LogP contribution in [-0.2, 0) is 4.79 Å². The van der Waals surface area contributed by atoms with Crippen LogP contribution in [0.2, 0.25) is 0 Å². The standard InChI is InChI=1S/C22H30N4O2S/c1-4-25(5-2)20(27)15-24-11-6-12-26(14-13-24)22(28)19-16-29-21(23-19)18-9-7-17(3)8-10-18/h7-10,16H,4-6,11-15H2,1-3H3. The minimum absolute atomic E-state index is 0.0171. The van der Waals surface area contributed by atoms with Gasteiger partial charge >= 0.3 is 0 Å². The fourth-order valence-electron chi connectivity index (χ4n) is 3.56. The van der Waals surface area contributed by atoms with E-state index in [1.54, 1.807) is 0 Å². The summed E-state index contributed by atoms with van der Waals surface area (Å²) < 4.78 is 0. The van der Waals surface area contributed by atoms with Crippen LogP contribution in [0.4, 0.5) is 0 Å². The number of rotatable bonds is 6. The van der Waals surface area contributed by atoms with E-state index in [1.807, 2.05) is 41.2 Å². The molecule has 29 heavy (non-hydrogen) atoms. The summed E-state index contributed by atoms with van der Waals surface area (Å²) in [6, 6.07) is 8.19. The molecule has 7 heteroatoms. The van der Waals surface area contributed by atoms with Gasteiger partial charge in [-0.2, -0.15) is 0 Å². The van der Waals surface area contributed by atoms with Crippen molar-refractivity contribution < 1.29 is 9.59 Å². The van der Waals surface area contributed by atoms with Crippen LogP contribution in [0.3, 0.4) is 0 Å². The average molecular weight is 415 g/mol. The molecule has 1 saturated heterocycles. The van der Waals surface area contributed by atoms with Crippen molar-refractivity contribution in [1.82, 2.24) is 19.7 Å². The van der Waals surface area contributed by atoms with E-state index in [0.29, 0.717) is 31.9 Å². The van der Waals surface area contributed by atoms with Crippen molar-refractivity contribution in [2.24, 2.45) is 0 Å². The highest BCUT2D eigenvalue weighted by molar-refractivity contribution is 7.13. The Labute approximate surface area is 177 Å². The monoisotopic (exact) mass is 414 g/mol. The first-order chi connectivity index (χ1) is 14.0. The van der Waals surface area contributed by atoms with E-state index >= 15 is 0 Å². The largest absolute Gasteiger partial charge is 0.342 e. The van der Waals surface area contributed by atoms with Crippen LogP contribution in [0, 0.1) is 6.92 Å². The SMILES string of the molecule is CCN(CC)C(=O)CN1CCCN(C(=O)c2csc(-c3ccc(C)cc3)n2)CC1. The first kappa shape index (κ1) is 21.5. The van der Waals surface area contributed by atoms with Gasteiger partial charge in [0.25, 0.3) is 5.91 Å². The smallest absolute Gasteiger partial charge is 0.273 e. The van der Waals surface area contributed by atoms with E-state index < -0.39 is 0 Å². The Balaban J connectivity index is 1.59. The highest BCUT2D eigenvalue weighted by Crippen LogP contribution is 2.24. The normalized spacial score (nSPS) is 15.2. The Kier molecular flexibility index (Phi) is 7.39. The molecule has 6 nitrogen and oxygen atoms in total. The Morgan fingerprint density at radius 1 is 1.07 bits per heavy atom. The fourth-order valence-corrected chi connectivity index (χ4v) is 4.36. The fraction of sp³-hybridized carbons (Fsp3) is 0.500. The maximum absolute atomic E-state index is 13.0. The zero-order valence-electron chi connectivity index (χ0n) is 17.6. The Morgan fingerprint density at radius 3 is 2.48 bits per heavy atom. The molecule has 0 bridgehead atoms. The molecule has 156 valence electrons. The van der Waals surface area contributed by atoms with E-state index in [0.717, 1.165) is 36.6 Å². The van der Waals surface area contributed by atoms with Crippen molar-refractivity contribution in [2.75, 3.05) is 45.8 Å². The van der Waals surface area contributed by atoms with Crippen LogP contribution < -0.4 is 0 Å². The minimum Gasteiger partial charge on any atom is -0.342 e. The summed E-state index contributed by atoms with van der Waals surface area (Å²) in [6.07, 6.45) is 0.867. The lowest BCUT2D eigenvalue weighted by Gasteiger charge is -2.25. The summed E-state index contributed by atoms with van der Waals surface area (Å²) in [5.41, 5.74) is 2.75. The van der Waals surface area contributed by atoms with Crippen LogP contribution in [-0.4, -0.2) is 77.3 Å². The predicted molar refractivity (Wildman–Crippen MR) is 117 cm³/mol. The number of carbonyl (C=O) groups excluding carboxylic acids is 2. The summed E-state index contributed by atoms with van der Waals surface area (Å²) in [7, 11) is 0. The number of carbonyl (C=O) groups is 2. The molecule has 2 amide bonds. The van der Waals surface area contributed by atoms with Crippen LogP contribution in [0.5, 0.6) is 0 Å². The van der Waals surface area contributed by atoms with Gasteiger partial charge in [0.15, 0.2) is 0 Å². The lowest BCUT2D eigenvalue weighted by atomic mass is 10.2. The van der Waals surface area contributed by atoms with E-state index in [-0.39, 0.29) is 11.8 Å². The third-order valence-corrected chi connectivity index (χ3v) is 6.26. The molecule has 0 unspecified atom stereocenters. The first-order valence-electron chi connectivity index (χ1n) is 10.3. The molecule has 0 spiro atoms. The number of aromatic nitrogens is 1. The van der Waals surface area contributed by atoms with Crippen molar-refractivity contribution in [2.45, 2.75) is 27.2 Å². The number of likely N-dealkylation sites (N-methyl/N-ethyl adjacent to an activating group) is 1. The molecule has 2 aromatic rings. The number of hydrogen-bond donors (Lipinski definition) is 0. The molecule has 1 aliphatic rings. The highest BCUT2D eigenvalue weighted by Gasteiger charge is 2.24. The van der Waals surface area contributed by atoms with Gasteiger partial charge in [0.1, 0.15) is 10.7 Å². The second-order valence-corrected chi connectivity index (χ2v) is 8.25. The van der Waals surface area contributed by atoms with Gasteiger partial charge in [-0.15, -0.1) is 11.3 Å². The van der Waals surface area contributed by atoms with Crippen LogP contribution in [0.15, 0.2) is 29.6 Å².